The Bertz CT molecular complexity index is 411. The average Bonchev–Trinajstić information content (AvgIpc) is 2.33. The Kier molecular flexibility index (Phi) is 5.83. The summed E-state index contributed by atoms with van der Waals surface area (Å²) in [5.74, 6) is 0.838. The molecular weight excluding hydrogens is 240 g/mol. The topological polar surface area (TPSA) is 64.3 Å². The smallest absolute Gasteiger partial charge is 0.220 e. The molecule has 106 valence electrons. The van der Waals surface area contributed by atoms with Gasteiger partial charge in [-0.15, -0.1) is 0 Å². The molecule has 0 atom stereocenters. The normalized spacial score (nSPS) is 11.2. The van der Waals surface area contributed by atoms with E-state index in [1.807, 2.05) is 45.0 Å². The Labute approximate surface area is 115 Å². The van der Waals surface area contributed by atoms with Crippen LogP contribution in [0, 0.1) is 0 Å². The van der Waals surface area contributed by atoms with Gasteiger partial charge in [-0.1, -0.05) is 18.2 Å². The van der Waals surface area contributed by atoms with Crippen molar-refractivity contribution in [2.45, 2.75) is 45.8 Å². The van der Waals surface area contributed by atoms with Gasteiger partial charge in [0.1, 0.15) is 11.4 Å². The summed E-state index contributed by atoms with van der Waals surface area (Å²) in [6.45, 7) is 7.03. The molecule has 0 heterocycles. The first-order chi connectivity index (χ1) is 8.92. The molecule has 0 unspecified atom stereocenters. The minimum Gasteiger partial charge on any atom is -0.488 e. The van der Waals surface area contributed by atoms with Gasteiger partial charge in [0, 0.05) is 18.5 Å². The summed E-state index contributed by atoms with van der Waals surface area (Å²) >= 11 is 0. The van der Waals surface area contributed by atoms with Crippen LogP contribution >= 0.6 is 0 Å². The molecular formula is C15H24N2O2. The van der Waals surface area contributed by atoms with Crippen molar-refractivity contribution in [3.63, 3.8) is 0 Å². The third-order valence-electron chi connectivity index (χ3n) is 2.47. The van der Waals surface area contributed by atoms with Crippen molar-refractivity contribution in [1.29, 1.82) is 0 Å². The van der Waals surface area contributed by atoms with Gasteiger partial charge in [-0.2, -0.15) is 0 Å². The zero-order chi connectivity index (χ0) is 14.3. The van der Waals surface area contributed by atoms with E-state index in [9.17, 15) is 4.79 Å². The maximum atomic E-state index is 11.6. The van der Waals surface area contributed by atoms with Crippen LogP contribution < -0.4 is 15.8 Å². The van der Waals surface area contributed by atoms with Gasteiger partial charge in [0.2, 0.25) is 5.91 Å². The van der Waals surface area contributed by atoms with E-state index in [-0.39, 0.29) is 11.5 Å². The summed E-state index contributed by atoms with van der Waals surface area (Å²) in [6.07, 6.45) is 1.19. The van der Waals surface area contributed by atoms with Crippen LogP contribution in [0.4, 0.5) is 0 Å². The maximum Gasteiger partial charge on any atom is 0.220 e. The molecule has 0 fully saturated rings. The number of nitrogens with two attached hydrogens (primary N) is 1. The van der Waals surface area contributed by atoms with Crippen LogP contribution in [0.3, 0.4) is 0 Å². The number of hydrogen-bond donors (Lipinski definition) is 2. The molecule has 0 radical (unpaired) electrons. The van der Waals surface area contributed by atoms with Gasteiger partial charge < -0.3 is 15.8 Å². The molecule has 1 aromatic carbocycles. The van der Waals surface area contributed by atoms with Crippen LogP contribution in [0.5, 0.6) is 5.75 Å². The number of hydrogen-bond acceptors (Lipinski definition) is 3. The van der Waals surface area contributed by atoms with Gasteiger partial charge in [-0.25, -0.2) is 0 Å². The largest absolute Gasteiger partial charge is 0.488 e. The van der Waals surface area contributed by atoms with Crippen LogP contribution in [0.1, 0.15) is 39.2 Å². The second kappa shape index (κ2) is 7.14. The number of benzene rings is 1. The van der Waals surface area contributed by atoms with Crippen molar-refractivity contribution >= 4 is 5.91 Å². The van der Waals surface area contributed by atoms with E-state index in [2.05, 4.69) is 5.32 Å². The molecule has 0 aliphatic rings. The fourth-order valence-electron chi connectivity index (χ4n) is 1.62. The molecule has 4 nitrogen and oxygen atoms in total. The number of para-hydroxylation sites is 1. The summed E-state index contributed by atoms with van der Waals surface area (Å²) in [7, 11) is 0. The van der Waals surface area contributed by atoms with Crippen molar-refractivity contribution in [2.24, 2.45) is 5.73 Å². The Morgan fingerprint density at radius 1 is 1.32 bits per heavy atom. The summed E-state index contributed by atoms with van der Waals surface area (Å²) in [5.41, 5.74) is 6.11. The summed E-state index contributed by atoms with van der Waals surface area (Å²) < 4.78 is 5.87. The molecule has 0 bridgehead atoms. The van der Waals surface area contributed by atoms with Gasteiger partial charge in [-0.05, 0) is 39.8 Å². The second-order valence-corrected chi connectivity index (χ2v) is 5.49. The number of carbonyl (C=O) groups excluding carboxylic acids is 1. The zero-order valence-electron chi connectivity index (χ0n) is 12.0. The van der Waals surface area contributed by atoms with Crippen LogP contribution in [0.15, 0.2) is 24.3 Å². The molecule has 0 aromatic heterocycles. The lowest BCUT2D eigenvalue weighted by atomic mass is 10.1. The number of nitrogens with one attached hydrogen (secondary N) is 1. The quantitative estimate of drug-likeness (QED) is 0.828. The highest BCUT2D eigenvalue weighted by Gasteiger charge is 2.14. The lowest BCUT2D eigenvalue weighted by Gasteiger charge is -2.23. The van der Waals surface area contributed by atoms with Gasteiger partial charge in [-0.3, -0.25) is 4.79 Å². The lowest BCUT2D eigenvalue weighted by Crippen LogP contribution is -2.26. The van der Waals surface area contributed by atoms with E-state index in [0.717, 1.165) is 11.3 Å². The Balaban J connectivity index is 2.60. The fraction of sp³-hybridized carbons (Fsp3) is 0.533. The van der Waals surface area contributed by atoms with Gasteiger partial charge in [0.05, 0.1) is 0 Å². The monoisotopic (exact) mass is 264 g/mol. The first-order valence-electron chi connectivity index (χ1n) is 6.66. The Morgan fingerprint density at radius 2 is 2.00 bits per heavy atom. The zero-order valence-corrected chi connectivity index (χ0v) is 12.0. The van der Waals surface area contributed by atoms with E-state index in [4.69, 9.17) is 10.5 Å². The molecule has 19 heavy (non-hydrogen) atoms. The van der Waals surface area contributed by atoms with Crippen LogP contribution in [-0.2, 0) is 11.3 Å². The maximum absolute atomic E-state index is 11.6. The van der Waals surface area contributed by atoms with Crippen LogP contribution in [0.25, 0.3) is 0 Å². The second-order valence-electron chi connectivity index (χ2n) is 5.49. The molecule has 0 saturated carbocycles. The minimum atomic E-state index is -0.250. The number of amides is 1. The molecule has 1 aromatic rings. The molecule has 1 rings (SSSR count). The summed E-state index contributed by atoms with van der Waals surface area (Å²) in [6, 6.07) is 7.76. The standard InChI is InChI=1S/C15H24N2O2/c1-15(2,3)19-13-8-5-4-7-12(13)11-17-14(18)9-6-10-16/h4-5,7-8H,6,9-11,16H2,1-3H3,(H,17,18). The molecule has 0 saturated heterocycles. The highest BCUT2D eigenvalue weighted by Crippen LogP contribution is 2.22. The van der Waals surface area contributed by atoms with Crippen molar-refractivity contribution in [3.05, 3.63) is 29.8 Å². The SMILES string of the molecule is CC(C)(C)Oc1ccccc1CNC(=O)CCCN. The third kappa shape index (κ3) is 6.25. The highest BCUT2D eigenvalue weighted by molar-refractivity contribution is 5.75. The van der Waals surface area contributed by atoms with Gasteiger partial charge in [0.15, 0.2) is 0 Å². The van der Waals surface area contributed by atoms with E-state index in [0.29, 0.717) is 25.9 Å². The number of ether oxygens (including phenoxy) is 1. The lowest BCUT2D eigenvalue weighted by molar-refractivity contribution is -0.121. The Morgan fingerprint density at radius 3 is 2.63 bits per heavy atom. The van der Waals surface area contributed by atoms with E-state index < -0.39 is 0 Å². The van der Waals surface area contributed by atoms with Crippen LogP contribution in [-0.4, -0.2) is 18.1 Å². The van der Waals surface area contributed by atoms with E-state index in [1.54, 1.807) is 0 Å². The van der Waals surface area contributed by atoms with E-state index in [1.165, 1.54) is 0 Å². The van der Waals surface area contributed by atoms with E-state index >= 15 is 0 Å². The Hall–Kier alpha value is -1.55. The van der Waals surface area contributed by atoms with Gasteiger partial charge >= 0.3 is 0 Å². The van der Waals surface area contributed by atoms with Crippen molar-refractivity contribution in [3.8, 4) is 5.75 Å². The summed E-state index contributed by atoms with van der Waals surface area (Å²) in [5, 5.41) is 2.89. The molecule has 0 spiro atoms. The highest BCUT2D eigenvalue weighted by atomic mass is 16.5. The van der Waals surface area contributed by atoms with Gasteiger partial charge in [0.25, 0.3) is 0 Å². The average molecular weight is 264 g/mol. The predicted molar refractivity (Wildman–Crippen MR) is 77.0 cm³/mol. The molecule has 4 heteroatoms. The predicted octanol–water partition coefficient (Wildman–Crippen LogP) is 2.22. The molecule has 0 aliphatic carbocycles. The summed E-state index contributed by atoms with van der Waals surface area (Å²) in [4.78, 5) is 11.6. The first kappa shape index (κ1) is 15.5. The number of carbonyl (C=O) groups is 1. The third-order valence-corrected chi connectivity index (χ3v) is 2.47. The van der Waals surface area contributed by atoms with Crippen molar-refractivity contribution in [2.75, 3.05) is 6.54 Å². The molecule has 1 amide bonds. The van der Waals surface area contributed by atoms with Crippen molar-refractivity contribution in [1.82, 2.24) is 5.32 Å². The van der Waals surface area contributed by atoms with Crippen LogP contribution in [0.2, 0.25) is 0 Å². The molecule has 3 N–H and O–H groups in total. The number of rotatable bonds is 6. The minimum absolute atomic E-state index is 0.0241. The molecule has 0 aliphatic heterocycles. The van der Waals surface area contributed by atoms with Crippen molar-refractivity contribution < 1.29 is 9.53 Å². The fourth-order valence-corrected chi connectivity index (χ4v) is 1.62. The first-order valence-corrected chi connectivity index (χ1v) is 6.66.